The number of azo groups is 1. The van der Waals surface area contributed by atoms with E-state index in [-0.39, 0.29) is 22.3 Å². The molecule has 1 aromatic carbocycles. The third-order valence-corrected chi connectivity index (χ3v) is 7.54. The summed E-state index contributed by atoms with van der Waals surface area (Å²) in [4.78, 5) is 25.3. The second-order valence-corrected chi connectivity index (χ2v) is 12.2. The van der Waals surface area contributed by atoms with E-state index in [9.17, 15) is 14.9 Å². The van der Waals surface area contributed by atoms with Crippen LogP contribution in [0.25, 0.3) is 0 Å². The van der Waals surface area contributed by atoms with Gasteiger partial charge in [0.05, 0.1) is 10.6 Å². The standard InChI is InChI=1S/C29H31N3O3S/c1-28(2,3)23-14-19(15-24(26(23)33)29(4,5)6)25(27-22-13-8-7-10-18(22)17-36-27)31-30-20-11-9-12-21(16-20)32(34)35/h7-16,18H,17H2,1-6H3. The number of benzene rings is 1. The van der Waals surface area contributed by atoms with Crippen molar-refractivity contribution < 1.29 is 9.72 Å². The highest BCUT2D eigenvalue weighted by Gasteiger charge is 2.36. The van der Waals surface area contributed by atoms with Gasteiger partial charge >= 0.3 is 0 Å². The highest BCUT2D eigenvalue weighted by Crippen LogP contribution is 2.47. The van der Waals surface area contributed by atoms with Gasteiger partial charge in [-0.25, -0.2) is 0 Å². The zero-order valence-corrected chi connectivity index (χ0v) is 22.3. The topological polar surface area (TPSA) is 84.9 Å². The van der Waals surface area contributed by atoms with Crippen LogP contribution in [0.2, 0.25) is 0 Å². The van der Waals surface area contributed by atoms with E-state index in [2.05, 4.69) is 23.3 Å². The van der Waals surface area contributed by atoms with Crippen molar-refractivity contribution in [2.45, 2.75) is 41.5 Å². The van der Waals surface area contributed by atoms with Crippen molar-refractivity contribution in [1.82, 2.24) is 0 Å². The molecule has 1 heterocycles. The van der Waals surface area contributed by atoms with Crippen LogP contribution in [-0.2, 0) is 4.79 Å². The number of fused-ring (bicyclic) bond motifs is 1. The second kappa shape index (κ2) is 9.62. The Balaban J connectivity index is 1.96. The SMILES string of the molecule is CC(C)(C)C1=CC(=C(N=Nc2cccc([N+](=O)[O-])c2)C2=C3C=CC=CC3CS2)C=C(C(C)(C)C)C1=O. The first kappa shape index (κ1) is 25.8. The maximum absolute atomic E-state index is 13.5. The molecular weight excluding hydrogens is 470 g/mol. The number of nitro benzene ring substituents is 1. The lowest BCUT2D eigenvalue weighted by Gasteiger charge is -2.31. The maximum atomic E-state index is 13.5. The summed E-state index contributed by atoms with van der Waals surface area (Å²) in [7, 11) is 0. The summed E-state index contributed by atoms with van der Waals surface area (Å²) in [5, 5.41) is 20.4. The van der Waals surface area contributed by atoms with Gasteiger partial charge in [0.2, 0.25) is 0 Å². The van der Waals surface area contributed by atoms with Gasteiger partial charge in [0.15, 0.2) is 5.78 Å². The number of Topliss-reactive ketones (excluding diaryl/α,β-unsaturated/α-hetero) is 1. The Morgan fingerprint density at radius 1 is 1.06 bits per heavy atom. The molecule has 0 aromatic heterocycles. The molecule has 4 rings (SSSR count). The third-order valence-electron chi connectivity index (χ3n) is 6.30. The summed E-state index contributed by atoms with van der Waals surface area (Å²) in [5.41, 5.74) is 3.81. The van der Waals surface area contributed by atoms with Crippen molar-refractivity contribution in [2.24, 2.45) is 27.0 Å². The number of allylic oxidation sites excluding steroid dienone is 10. The van der Waals surface area contributed by atoms with Crippen molar-refractivity contribution in [3.8, 4) is 0 Å². The summed E-state index contributed by atoms with van der Waals surface area (Å²) in [6.07, 6.45) is 12.3. The number of nitro groups is 1. The highest BCUT2D eigenvalue weighted by molar-refractivity contribution is 8.03. The number of carbonyl (C=O) groups is 1. The number of non-ortho nitro benzene ring substituents is 1. The van der Waals surface area contributed by atoms with Crippen molar-refractivity contribution in [2.75, 3.05) is 5.75 Å². The molecule has 1 atom stereocenters. The molecule has 0 saturated carbocycles. The fourth-order valence-corrected chi connectivity index (χ4v) is 5.64. The van der Waals surface area contributed by atoms with E-state index >= 15 is 0 Å². The molecule has 1 aliphatic heterocycles. The average molecular weight is 502 g/mol. The van der Waals surface area contributed by atoms with Crippen LogP contribution < -0.4 is 0 Å². The van der Waals surface area contributed by atoms with Crippen molar-refractivity contribution in [3.63, 3.8) is 0 Å². The summed E-state index contributed by atoms with van der Waals surface area (Å²) < 4.78 is 0. The fraction of sp³-hybridized carbons (Fsp3) is 0.345. The highest BCUT2D eigenvalue weighted by atomic mass is 32.2. The molecule has 0 amide bonds. The van der Waals surface area contributed by atoms with Gasteiger partial charge in [-0.15, -0.1) is 16.9 Å². The zero-order chi connectivity index (χ0) is 26.3. The number of nitrogens with zero attached hydrogens (tertiary/aromatic N) is 3. The number of thioether (sulfide) groups is 1. The van der Waals surface area contributed by atoms with E-state index in [1.54, 1.807) is 23.9 Å². The van der Waals surface area contributed by atoms with E-state index in [1.165, 1.54) is 17.7 Å². The van der Waals surface area contributed by atoms with E-state index < -0.39 is 4.92 Å². The van der Waals surface area contributed by atoms with Gasteiger partial charge in [-0.1, -0.05) is 71.9 Å². The molecule has 0 bridgehead atoms. The molecule has 36 heavy (non-hydrogen) atoms. The smallest absolute Gasteiger partial charge is 0.271 e. The number of ketones is 1. The van der Waals surface area contributed by atoms with E-state index in [1.807, 2.05) is 59.8 Å². The summed E-state index contributed by atoms with van der Waals surface area (Å²) in [6.45, 7) is 12.3. The lowest BCUT2D eigenvalue weighted by Crippen LogP contribution is -2.28. The fourth-order valence-electron chi connectivity index (χ4n) is 4.33. The average Bonchev–Trinajstić information content (AvgIpc) is 3.22. The number of carbonyl (C=O) groups excluding carboxylic acids is 1. The zero-order valence-electron chi connectivity index (χ0n) is 21.5. The van der Waals surface area contributed by atoms with Gasteiger partial charge < -0.3 is 0 Å². The Hall–Kier alpha value is -3.32. The summed E-state index contributed by atoms with van der Waals surface area (Å²) in [6, 6.07) is 6.14. The first-order valence-electron chi connectivity index (χ1n) is 12.0. The molecule has 1 aromatic rings. The molecule has 7 heteroatoms. The Kier molecular flexibility index (Phi) is 6.88. The van der Waals surface area contributed by atoms with Crippen LogP contribution in [0, 0.1) is 26.9 Å². The molecule has 0 saturated heterocycles. The van der Waals surface area contributed by atoms with Gasteiger partial charge in [0.25, 0.3) is 5.69 Å². The van der Waals surface area contributed by atoms with Crippen LogP contribution in [0.3, 0.4) is 0 Å². The lowest BCUT2D eigenvalue weighted by atomic mass is 9.71. The van der Waals surface area contributed by atoms with Gasteiger partial charge in [0.1, 0.15) is 5.70 Å². The summed E-state index contributed by atoms with van der Waals surface area (Å²) in [5.74, 6) is 1.25. The second-order valence-electron chi connectivity index (χ2n) is 11.2. The number of hydrogen-bond acceptors (Lipinski definition) is 6. The molecule has 0 radical (unpaired) electrons. The van der Waals surface area contributed by atoms with Gasteiger partial charge in [-0.3, -0.25) is 14.9 Å². The van der Waals surface area contributed by atoms with E-state index in [4.69, 9.17) is 5.11 Å². The molecule has 0 spiro atoms. The molecule has 0 fully saturated rings. The minimum Gasteiger partial charge on any atom is -0.289 e. The largest absolute Gasteiger partial charge is 0.289 e. The molecule has 0 N–H and O–H groups in total. The maximum Gasteiger partial charge on any atom is 0.271 e. The number of rotatable bonds is 4. The molecular formula is C29H31N3O3S. The predicted octanol–water partition coefficient (Wildman–Crippen LogP) is 8.20. The van der Waals surface area contributed by atoms with Gasteiger partial charge in [0, 0.05) is 45.4 Å². The van der Waals surface area contributed by atoms with Crippen LogP contribution >= 0.6 is 11.8 Å². The minimum atomic E-state index is -0.441. The van der Waals surface area contributed by atoms with Gasteiger partial charge in [-0.2, -0.15) is 5.11 Å². The van der Waals surface area contributed by atoms with Crippen LogP contribution in [0.5, 0.6) is 0 Å². The minimum absolute atomic E-state index is 0.0357. The predicted molar refractivity (Wildman–Crippen MR) is 146 cm³/mol. The molecule has 3 aliphatic rings. The van der Waals surface area contributed by atoms with Crippen molar-refractivity contribution in [1.29, 1.82) is 0 Å². The first-order valence-corrected chi connectivity index (χ1v) is 13.0. The van der Waals surface area contributed by atoms with Crippen LogP contribution in [-0.4, -0.2) is 16.5 Å². The summed E-state index contributed by atoms with van der Waals surface area (Å²) >= 11 is 1.72. The van der Waals surface area contributed by atoms with Gasteiger partial charge in [-0.05, 0) is 34.6 Å². The van der Waals surface area contributed by atoms with Crippen LogP contribution in [0.1, 0.15) is 41.5 Å². The normalized spacial score (nSPS) is 20.1. The lowest BCUT2D eigenvalue weighted by molar-refractivity contribution is -0.384. The van der Waals surface area contributed by atoms with Crippen molar-refractivity contribution >= 4 is 28.9 Å². The molecule has 186 valence electrons. The Bertz CT molecular complexity index is 1310. The van der Waals surface area contributed by atoms with Crippen molar-refractivity contribution in [3.05, 3.63) is 104 Å². The van der Waals surface area contributed by atoms with E-state index in [0.717, 1.165) is 27.4 Å². The molecule has 2 aliphatic carbocycles. The Morgan fingerprint density at radius 3 is 2.33 bits per heavy atom. The monoisotopic (exact) mass is 501 g/mol. The quantitative estimate of drug-likeness (QED) is 0.236. The van der Waals surface area contributed by atoms with Crippen LogP contribution in [0.15, 0.2) is 104 Å². The molecule has 1 unspecified atom stereocenters. The Labute approximate surface area is 216 Å². The number of hydrogen-bond donors (Lipinski definition) is 0. The third kappa shape index (κ3) is 5.26. The van der Waals surface area contributed by atoms with E-state index in [0.29, 0.717) is 17.3 Å². The first-order chi connectivity index (χ1) is 16.9. The Morgan fingerprint density at radius 2 is 1.72 bits per heavy atom. The molecule has 6 nitrogen and oxygen atoms in total. The van der Waals surface area contributed by atoms with Crippen LogP contribution in [0.4, 0.5) is 11.4 Å².